The lowest BCUT2D eigenvalue weighted by Crippen LogP contribution is -2.49. The summed E-state index contributed by atoms with van der Waals surface area (Å²) in [5.74, 6) is 0. The molecule has 0 spiro atoms. The largest absolute Gasteiger partial charge is 0.376 e. The van der Waals surface area contributed by atoms with Gasteiger partial charge < -0.3 is 10.6 Å². The van der Waals surface area contributed by atoms with Gasteiger partial charge in [0.15, 0.2) is 5.11 Å². The molecule has 0 aromatic carbocycles. The van der Waals surface area contributed by atoms with Crippen LogP contribution in [-0.4, -0.2) is 22.1 Å². The zero-order valence-electron chi connectivity index (χ0n) is 7.21. The maximum atomic E-state index is 5.61. The summed E-state index contributed by atoms with van der Waals surface area (Å²) in [6.45, 7) is 4.38. The second-order valence-electron chi connectivity index (χ2n) is 3.37. The standard InChI is InChI=1S/C8H16N2S/c1-6-4-3-5-7(2)10(6)8(9)11/h6-7H,3-5H2,1-2H3,(H2,9,11). The zero-order chi connectivity index (χ0) is 8.43. The molecule has 2 unspecified atom stereocenters. The van der Waals surface area contributed by atoms with E-state index in [0.29, 0.717) is 17.2 Å². The molecule has 2 N–H and O–H groups in total. The van der Waals surface area contributed by atoms with E-state index < -0.39 is 0 Å². The summed E-state index contributed by atoms with van der Waals surface area (Å²) < 4.78 is 0. The minimum absolute atomic E-state index is 0.538. The van der Waals surface area contributed by atoms with Crippen molar-refractivity contribution in [3.8, 4) is 0 Å². The van der Waals surface area contributed by atoms with Gasteiger partial charge in [0.05, 0.1) is 0 Å². The maximum Gasteiger partial charge on any atom is 0.166 e. The third-order valence-corrected chi connectivity index (χ3v) is 2.66. The third kappa shape index (κ3) is 1.83. The van der Waals surface area contributed by atoms with Gasteiger partial charge >= 0.3 is 0 Å². The SMILES string of the molecule is CC1CCCC(C)N1C(N)=S. The van der Waals surface area contributed by atoms with E-state index in [1.807, 2.05) is 0 Å². The van der Waals surface area contributed by atoms with Gasteiger partial charge in [0.1, 0.15) is 0 Å². The lowest BCUT2D eigenvalue weighted by molar-refractivity contribution is 0.193. The molecule has 1 rings (SSSR count). The second kappa shape index (κ2) is 3.39. The third-order valence-electron chi connectivity index (χ3n) is 2.45. The molecular formula is C8H16N2S. The van der Waals surface area contributed by atoms with Crippen LogP contribution in [0.5, 0.6) is 0 Å². The van der Waals surface area contributed by atoms with Crippen LogP contribution in [0.25, 0.3) is 0 Å². The molecule has 1 aliphatic heterocycles. The number of hydrogen-bond acceptors (Lipinski definition) is 1. The fourth-order valence-electron chi connectivity index (χ4n) is 1.86. The van der Waals surface area contributed by atoms with Gasteiger partial charge in [-0.15, -0.1) is 0 Å². The lowest BCUT2D eigenvalue weighted by atomic mass is 9.98. The molecule has 0 aliphatic carbocycles. The number of nitrogens with zero attached hydrogens (tertiary/aromatic N) is 1. The van der Waals surface area contributed by atoms with Crippen molar-refractivity contribution in [2.45, 2.75) is 45.2 Å². The van der Waals surface area contributed by atoms with Crippen molar-refractivity contribution < 1.29 is 0 Å². The Morgan fingerprint density at radius 3 is 2.09 bits per heavy atom. The van der Waals surface area contributed by atoms with Crippen molar-refractivity contribution in [3.63, 3.8) is 0 Å². The molecule has 0 aromatic heterocycles. The predicted octanol–water partition coefficient (Wildman–Crippen LogP) is 1.49. The van der Waals surface area contributed by atoms with E-state index in [4.69, 9.17) is 18.0 Å². The van der Waals surface area contributed by atoms with Gasteiger partial charge in [0.2, 0.25) is 0 Å². The first-order valence-corrected chi connectivity index (χ1v) is 4.61. The summed E-state index contributed by atoms with van der Waals surface area (Å²) in [7, 11) is 0. The Morgan fingerprint density at radius 2 is 1.82 bits per heavy atom. The highest BCUT2D eigenvalue weighted by Gasteiger charge is 2.24. The number of hydrogen-bond donors (Lipinski definition) is 1. The molecule has 1 fully saturated rings. The molecule has 3 heteroatoms. The highest BCUT2D eigenvalue weighted by atomic mass is 32.1. The van der Waals surface area contributed by atoms with Gasteiger partial charge in [0.25, 0.3) is 0 Å². The normalized spacial score (nSPS) is 32.0. The van der Waals surface area contributed by atoms with Crippen LogP contribution in [0.2, 0.25) is 0 Å². The first-order chi connectivity index (χ1) is 5.13. The van der Waals surface area contributed by atoms with Gasteiger partial charge in [-0.25, -0.2) is 0 Å². The molecule has 2 nitrogen and oxygen atoms in total. The summed E-state index contributed by atoms with van der Waals surface area (Å²) >= 11 is 4.97. The van der Waals surface area contributed by atoms with Crippen LogP contribution in [0, 0.1) is 0 Å². The van der Waals surface area contributed by atoms with Gasteiger partial charge in [-0.1, -0.05) is 0 Å². The molecule has 2 atom stereocenters. The Hall–Kier alpha value is -0.310. The lowest BCUT2D eigenvalue weighted by Gasteiger charge is -2.39. The fourth-order valence-corrected chi connectivity index (χ4v) is 2.22. The van der Waals surface area contributed by atoms with Gasteiger partial charge in [0, 0.05) is 12.1 Å². The van der Waals surface area contributed by atoms with E-state index in [1.54, 1.807) is 0 Å². The Labute approximate surface area is 73.7 Å². The molecule has 0 aromatic rings. The Kier molecular flexibility index (Phi) is 2.71. The van der Waals surface area contributed by atoms with Crippen LogP contribution in [0.15, 0.2) is 0 Å². The van der Waals surface area contributed by atoms with Crippen molar-refractivity contribution in [1.29, 1.82) is 0 Å². The Morgan fingerprint density at radius 1 is 1.36 bits per heavy atom. The zero-order valence-corrected chi connectivity index (χ0v) is 8.03. The summed E-state index contributed by atoms with van der Waals surface area (Å²) in [5.41, 5.74) is 5.61. The topological polar surface area (TPSA) is 29.3 Å². The minimum Gasteiger partial charge on any atom is -0.376 e. The number of likely N-dealkylation sites (tertiary alicyclic amines) is 1. The van der Waals surface area contributed by atoms with Crippen LogP contribution < -0.4 is 5.73 Å². The van der Waals surface area contributed by atoms with Crippen molar-refractivity contribution in [1.82, 2.24) is 4.90 Å². The number of piperidine rings is 1. The molecule has 0 saturated carbocycles. The number of thiocarbonyl (C=S) groups is 1. The summed E-state index contributed by atoms with van der Waals surface area (Å²) in [4.78, 5) is 2.15. The van der Waals surface area contributed by atoms with Crippen LogP contribution >= 0.6 is 12.2 Å². The molecule has 1 saturated heterocycles. The molecule has 1 heterocycles. The first kappa shape index (κ1) is 8.78. The Bertz CT molecular complexity index is 148. The average Bonchev–Trinajstić information content (AvgIpc) is 1.85. The smallest absolute Gasteiger partial charge is 0.166 e. The van der Waals surface area contributed by atoms with E-state index in [0.717, 1.165) is 0 Å². The minimum atomic E-state index is 0.538. The first-order valence-electron chi connectivity index (χ1n) is 4.20. The second-order valence-corrected chi connectivity index (χ2v) is 3.79. The molecule has 0 amide bonds. The van der Waals surface area contributed by atoms with Gasteiger partial charge in [-0.3, -0.25) is 0 Å². The van der Waals surface area contributed by atoms with Crippen LogP contribution in [0.1, 0.15) is 33.1 Å². The molecule has 64 valence electrons. The van der Waals surface area contributed by atoms with Crippen molar-refractivity contribution in [3.05, 3.63) is 0 Å². The monoisotopic (exact) mass is 172 g/mol. The van der Waals surface area contributed by atoms with Gasteiger partial charge in [-0.05, 0) is 45.3 Å². The molecule has 0 bridgehead atoms. The maximum absolute atomic E-state index is 5.61. The van der Waals surface area contributed by atoms with Gasteiger partial charge in [-0.2, -0.15) is 0 Å². The van der Waals surface area contributed by atoms with Crippen LogP contribution in [0.3, 0.4) is 0 Å². The quantitative estimate of drug-likeness (QED) is 0.561. The number of nitrogens with two attached hydrogens (primary N) is 1. The number of rotatable bonds is 0. The summed E-state index contributed by atoms with van der Waals surface area (Å²) in [6, 6.07) is 1.08. The van der Waals surface area contributed by atoms with E-state index in [1.165, 1.54) is 19.3 Å². The molecule has 11 heavy (non-hydrogen) atoms. The average molecular weight is 172 g/mol. The van der Waals surface area contributed by atoms with Crippen molar-refractivity contribution in [2.24, 2.45) is 5.73 Å². The van der Waals surface area contributed by atoms with Crippen molar-refractivity contribution in [2.75, 3.05) is 0 Å². The summed E-state index contributed by atoms with van der Waals surface area (Å²) in [6.07, 6.45) is 3.75. The predicted molar refractivity (Wildman–Crippen MR) is 51.4 cm³/mol. The fraction of sp³-hybridized carbons (Fsp3) is 0.875. The van der Waals surface area contributed by atoms with Crippen molar-refractivity contribution >= 4 is 17.3 Å². The van der Waals surface area contributed by atoms with E-state index in [9.17, 15) is 0 Å². The van der Waals surface area contributed by atoms with E-state index in [-0.39, 0.29) is 0 Å². The van der Waals surface area contributed by atoms with E-state index >= 15 is 0 Å². The summed E-state index contributed by atoms with van der Waals surface area (Å²) in [5, 5.41) is 0.560. The molecular weight excluding hydrogens is 156 g/mol. The van der Waals surface area contributed by atoms with Crippen LogP contribution in [-0.2, 0) is 0 Å². The molecule has 0 radical (unpaired) electrons. The van der Waals surface area contributed by atoms with Crippen LogP contribution in [0.4, 0.5) is 0 Å². The highest BCUT2D eigenvalue weighted by Crippen LogP contribution is 2.21. The van der Waals surface area contributed by atoms with E-state index in [2.05, 4.69) is 18.7 Å². The molecule has 1 aliphatic rings. The Balaban J connectivity index is 2.62. The highest BCUT2D eigenvalue weighted by molar-refractivity contribution is 7.80.